The van der Waals surface area contributed by atoms with Crippen LogP contribution in [-0.2, 0) is 19.3 Å². The molecule has 25 heavy (non-hydrogen) atoms. The van der Waals surface area contributed by atoms with Crippen LogP contribution in [0.4, 0.5) is 0 Å². The Hall–Kier alpha value is -2.74. The first-order valence-corrected chi connectivity index (χ1v) is 8.73. The van der Waals surface area contributed by atoms with Gasteiger partial charge in [0.25, 0.3) is 0 Å². The minimum Gasteiger partial charge on any atom is -0.507 e. The number of para-hydroxylation sites is 2. The molecule has 128 valence electrons. The summed E-state index contributed by atoms with van der Waals surface area (Å²) < 4.78 is 0. The summed E-state index contributed by atoms with van der Waals surface area (Å²) in [4.78, 5) is 0. The molecular weight excluding hydrogens is 308 g/mol. The quantitative estimate of drug-likeness (QED) is 0.678. The van der Waals surface area contributed by atoms with E-state index in [9.17, 15) is 10.2 Å². The van der Waals surface area contributed by atoms with Crippen molar-refractivity contribution in [3.63, 3.8) is 0 Å². The van der Waals surface area contributed by atoms with Gasteiger partial charge in [0.1, 0.15) is 11.5 Å². The number of rotatable bonds is 5. The fraction of sp³-hybridized carbons (Fsp3) is 0.217. The first kappa shape index (κ1) is 17.1. The summed E-state index contributed by atoms with van der Waals surface area (Å²) in [5, 5.41) is 20.6. The molecule has 3 rings (SSSR count). The third-order valence-electron chi connectivity index (χ3n) is 4.69. The van der Waals surface area contributed by atoms with Crippen LogP contribution in [-0.4, -0.2) is 10.2 Å². The molecule has 0 atom stereocenters. The molecule has 0 saturated carbocycles. The molecule has 0 aliphatic carbocycles. The number of hydrogen-bond acceptors (Lipinski definition) is 2. The van der Waals surface area contributed by atoms with Gasteiger partial charge in [0, 0.05) is 12.8 Å². The average Bonchev–Trinajstić information content (AvgIpc) is 2.61. The van der Waals surface area contributed by atoms with Gasteiger partial charge in [-0.2, -0.15) is 0 Å². The molecule has 0 saturated heterocycles. The summed E-state index contributed by atoms with van der Waals surface area (Å²) in [6.45, 7) is 3.96. The van der Waals surface area contributed by atoms with Crippen molar-refractivity contribution in [1.82, 2.24) is 0 Å². The first-order valence-electron chi connectivity index (χ1n) is 8.73. The van der Waals surface area contributed by atoms with Crippen LogP contribution in [0, 0.1) is 6.92 Å². The number of phenols is 2. The SMILES string of the molecule is CCc1cccc(Cc2cccc(Cc3cccc(C)c3O)c2)c1O. The lowest BCUT2D eigenvalue weighted by molar-refractivity contribution is 0.463. The van der Waals surface area contributed by atoms with Crippen molar-refractivity contribution in [3.05, 3.63) is 94.0 Å². The number of aromatic hydroxyl groups is 2. The van der Waals surface area contributed by atoms with E-state index in [4.69, 9.17) is 0 Å². The number of hydrogen-bond donors (Lipinski definition) is 2. The van der Waals surface area contributed by atoms with Crippen molar-refractivity contribution in [2.75, 3.05) is 0 Å². The Kier molecular flexibility index (Phi) is 5.08. The van der Waals surface area contributed by atoms with E-state index >= 15 is 0 Å². The van der Waals surface area contributed by atoms with E-state index in [-0.39, 0.29) is 0 Å². The van der Waals surface area contributed by atoms with Crippen molar-refractivity contribution >= 4 is 0 Å². The van der Waals surface area contributed by atoms with Gasteiger partial charge in [0.2, 0.25) is 0 Å². The normalized spacial score (nSPS) is 10.8. The lowest BCUT2D eigenvalue weighted by atomic mass is 9.96. The summed E-state index contributed by atoms with van der Waals surface area (Å²) >= 11 is 0. The molecular formula is C23H24O2. The molecule has 3 aromatic carbocycles. The van der Waals surface area contributed by atoms with E-state index in [0.29, 0.717) is 24.3 Å². The second-order valence-electron chi connectivity index (χ2n) is 6.53. The van der Waals surface area contributed by atoms with Gasteiger partial charge in [-0.05, 0) is 46.7 Å². The van der Waals surface area contributed by atoms with Gasteiger partial charge in [-0.25, -0.2) is 0 Å². The Morgan fingerprint density at radius 3 is 1.84 bits per heavy atom. The highest BCUT2D eigenvalue weighted by Crippen LogP contribution is 2.27. The molecule has 0 aliphatic heterocycles. The molecule has 0 fully saturated rings. The van der Waals surface area contributed by atoms with Crippen LogP contribution in [0.25, 0.3) is 0 Å². The van der Waals surface area contributed by atoms with Gasteiger partial charge in [0.05, 0.1) is 0 Å². The van der Waals surface area contributed by atoms with Crippen LogP contribution in [0.5, 0.6) is 11.5 Å². The van der Waals surface area contributed by atoms with Crippen LogP contribution in [0.15, 0.2) is 60.7 Å². The van der Waals surface area contributed by atoms with E-state index in [1.807, 2.05) is 56.3 Å². The van der Waals surface area contributed by atoms with Crippen LogP contribution in [0.3, 0.4) is 0 Å². The highest BCUT2D eigenvalue weighted by atomic mass is 16.3. The minimum absolute atomic E-state index is 0.376. The number of phenolic OH excluding ortho intramolecular Hbond substituents is 2. The second-order valence-corrected chi connectivity index (χ2v) is 6.53. The standard InChI is InChI=1S/C23H24O2/c1-3-19-10-6-12-21(23(19)25)15-18-9-5-8-17(13-18)14-20-11-4-7-16(2)22(20)24/h4-13,24-25H,3,14-15H2,1-2H3. The maximum atomic E-state index is 10.4. The van der Waals surface area contributed by atoms with Crippen LogP contribution < -0.4 is 0 Å². The Morgan fingerprint density at radius 1 is 0.680 bits per heavy atom. The fourth-order valence-electron chi connectivity index (χ4n) is 3.22. The number of aryl methyl sites for hydroxylation is 2. The van der Waals surface area contributed by atoms with Crippen molar-refractivity contribution in [2.24, 2.45) is 0 Å². The van der Waals surface area contributed by atoms with Gasteiger partial charge in [-0.3, -0.25) is 0 Å². The maximum Gasteiger partial charge on any atom is 0.122 e. The Labute approximate surface area is 149 Å². The third-order valence-corrected chi connectivity index (χ3v) is 4.69. The summed E-state index contributed by atoms with van der Waals surface area (Å²) in [5.74, 6) is 0.785. The molecule has 0 amide bonds. The fourth-order valence-corrected chi connectivity index (χ4v) is 3.22. The van der Waals surface area contributed by atoms with E-state index in [0.717, 1.165) is 39.8 Å². The molecule has 0 heterocycles. The van der Waals surface area contributed by atoms with Crippen molar-refractivity contribution in [3.8, 4) is 11.5 Å². The maximum absolute atomic E-state index is 10.4. The van der Waals surface area contributed by atoms with Crippen molar-refractivity contribution in [1.29, 1.82) is 0 Å². The molecule has 2 heteroatoms. The molecule has 0 aromatic heterocycles. The Balaban J connectivity index is 1.84. The number of benzene rings is 3. The summed E-state index contributed by atoms with van der Waals surface area (Å²) in [6, 6.07) is 20.2. The average molecular weight is 332 g/mol. The summed E-state index contributed by atoms with van der Waals surface area (Å²) in [6.07, 6.45) is 2.22. The molecule has 2 N–H and O–H groups in total. The smallest absolute Gasteiger partial charge is 0.122 e. The van der Waals surface area contributed by atoms with Crippen molar-refractivity contribution in [2.45, 2.75) is 33.1 Å². The van der Waals surface area contributed by atoms with E-state index in [1.54, 1.807) is 0 Å². The Morgan fingerprint density at radius 2 is 1.20 bits per heavy atom. The molecule has 2 nitrogen and oxygen atoms in total. The van der Waals surface area contributed by atoms with E-state index < -0.39 is 0 Å². The second kappa shape index (κ2) is 7.43. The van der Waals surface area contributed by atoms with Gasteiger partial charge in [0.15, 0.2) is 0 Å². The largest absolute Gasteiger partial charge is 0.507 e. The molecule has 0 unspecified atom stereocenters. The summed E-state index contributed by atoms with van der Waals surface area (Å²) in [5.41, 5.74) is 6.09. The minimum atomic E-state index is 0.376. The van der Waals surface area contributed by atoms with Crippen LogP contribution in [0.2, 0.25) is 0 Å². The monoisotopic (exact) mass is 332 g/mol. The topological polar surface area (TPSA) is 40.5 Å². The van der Waals surface area contributed by atoms with Crippen LogP contribution >= 0.6 is 0 Å². The van der Waals surface area contributed by atoms with E-state index in [1.165, 1.54) is 0 Å². The van der Waals surface area contributed by atoms with Crippen molar-refractivity contribution < 1.29 is 10.2 Å². The van der Waals surface area contributed by atoms with Gasteiger partial charge in [-0.1, -0.05) is 67.6 Å². The van der Waals surface area contributed by atoms with E-state index in [2.05, 4.69) is 18.2 Å². The zero-order valence-corrected chi connectivity index (χ0v) is 14.8. The zero-order valence-electron chi connectivity index (χ0n) is 14.8. The molecule has 0 aliphatic rings. The van der Waals surface area contributed by atoms with Gasteiger partial charge in [-0.15, -0.1) is 0 Å². The summed E-state index contributed by atoms with van der Waals surface area (Å²) in [7, 11) is 0. The predicted octanol–water partition coefficient (Wildman–Crippen LogP) is 5.15. The third kappa shape index (κ3) is 3.85. The highest BCUT2D eigenvalue weighted by molar-refractivity contribution is 5.45. The predicted molar refractivity (Wildman–Crippen MR) is 102 cm³/mol. The molecule has 0 bridgehead atoms. The zero-order chi connectivity index (χ0) is 17.8. The molecule has 0 radical (unpaired) electrons. The molecule has 3 aromatic rings. The Bertz CT molecular complexity index is 881. The first-order chi connectivity index (χ1) is 12.1. The highest BCUT2D eigenvalue weighted by Gasteiger charge is 2.08. The lowest BCUT2D eigenvalue weighted by Crippen LogP contribution is -1.95. The van der Waals surface area contributed by atoms with Gasteiger partial charge >= 0.3 is 0 Å². The van der Waals surface area contributed by atoms with Gasteiger partial charge < -0.3 is 10.2 Å². The van der Waals surface area contributed by atoms with Crippen LogP contribution in [0.1, 0.15) is 40.3 Å². The molecule has 0 spiro atoms. The lowest BCUT2D eigenvalue weighted by Gasteiger charge is -2.11.